The van der Waals surface area contributed by atoms with Crippen molar-refractivity contribution < 1.29 is 4.79 Å². The lowest BCUT2D eigenvalue weighted by Gasteiger charge is -2.14. The van der Waals surface area contributed by atoms with Gasteiger partial charge in [-0.15, -0.1) is 0 Å². The molecule has 3 N–H and O–H groups in total. The predicted octanol–water partition coefficient (Wildman–Crippen LogP) is 0.640. The second kappa shape index (κ2) is 3.44. The van der Waals surface area contributed by atoms with Gasteiger partial charge in [0.15, 0.2) is 0 Å². The summed E-state index contributed by atoms with van der Waals surface area (Å²) in [6.45, 7) is 4.69. The van der Waals surface area contributed by atoms with E-state index in [1.165, 1.54) is 12.8 Å². The maximum absolute atomic E-state index is 11.1. The molecule has 0 saturated heterocycles. The third-order valence-electron chi connectivity index (χ3n) is 2.76. The van der Waals surface area contributed by atoms with Crippen molar-refractivity contribution in [2.75, 3.05) is 6.54 Å². The van der Waals surface area contributed by atoms with Crippen LogP contribution in [0.1, 0.15) is 33.1 Å². The smallest absolute Gasteiger partial charge is 0.236 e. The minimum atomic E-state index is -0.377. The number of carbonyl (C=O) groups excluding carboxylic acids is 1. The number of nitrogens with one attached hydrogen (secondary N) is 1. The van der Waals surface area contributed by atoms with Gasteiger partial charge in [0.2, 0.25) is 5.91 Å². The fraction of sp³-hybridized carbons (Fsp3) is 0.889. The second-order valence-electron chi connectivity index (χ2n) is 3.86. The van der Waals surface area contributed by atoms with E-state index in [4.69, 9.17) is 5.73 Å². The van der Waals surface area contributed by atoms with Gasteiger partial charge in [0.25, 0.3) is 0 Å². The van der Waals surface area contributed by atoms with Gasteiger partial charge in [-0.2, -0.15) is 0 Å². The van der Waals surface area contributed by atoms with Crippen molar-refractivity contribution >= 4 is 5.91 Å². The normalized spacial score (nSPS) is 21.6. The first kappa shape index (κ1) is 9.52. The highest BCUT2D eigenvalue weighted by Gasteiger charge is 2.40. The number of hydrogen-bond donors (Lipinski definition) is 2. The summed E-state index contributed by atoms with van der Waals surface area (Å²) in [6.07, 6.45) is 3.66. The maximum Gasteiger partial charge on any atom is 0.236 e. The van der Waals surface area contributed by atoms with Gasteiger partial charge in [-0.1, -0.05) is 6.92 Å². The highest BCUT2D eigenvalue weighted by molar-refractivity contribution is 5.81. The average molecular weight is 170 g/mol. The minimum Gasteiger partial charge on any atom is -0.354 e. The van der Waals surface area contributed by atoms with Gasteiger partial charge in [0.1, 0.15) is 0 Å². The number of carbonyl (C=O) groups is 1. The monoisotopic (exact) mass is 170 g/mol. The fourth-order valence-corrected chi connectivity index (χ4v) is 1.27. The summed E-state index contributed by atoms with van der Waals surface area (Å²) in [4.78, 5) is 11.1. The van der Waals surface area contributed by atoms with E-state index in [0.717, 1.165) is 13.0 Å². The molecule has 0 spiro atoms. The van der Waals surface area contributed by atoms with Crippen LogP contribution in [0.2, 0.25) is 0 Å². The molecule has 1 atom stereocenters. The quantitative estimate of drug-likeness (QED) is 0.650. The average Bonchev–Trinajstić information content (AvgIpc) is 2.81. The van der Waals surface area contributed by atoms with Crippen LogP contribution in [-0.2, 0) is 4.79 Å². The van der Waals surface area contributed by atoms with Crippen LogP contribution in [0, 0.1) is 5.41 Å². The molecule has 1 rings (SSSR count). The molecule has 0 heterocycles. The van der Waals surface area contributed by atoms with Gasteiger partial charge in [0, 0.05) is 6.54 Å². The summed E-state index contributed by atoms with van der Waals surface area (Å²) >= 11 is 0. The third-order valence-corrected chi connectivity index (χ3v) is 2.76. The van der Waals surface area contributed by atoms with Crippen molar-refractivity contribution in [1.82, 2.24) is 5.32 Å². The molecular weight excluding hydrogens is 152 g/mol. The maximum atomic E-state index is 11.1. The Balaban J connectivity index is 2.21. The van der Waals surface area contributed by atoms with Crippen molar-refractivity contribution in [2.45, 2.75) is 39.2 Å². The SMILES string of the molecule is CCC1(CNC(=O)C(C)N)CC1. The van der Waals surface area contributed by atoms with Crippen molar-refractivity contribution in [2.24, 2.45) is 11.1 Å². The molecule has 0 aliphatic heterocycles. The Morgan fingerprint density at radius 2 is 2.25 bits per heavy atom. The molecule has 3 nitrogen and oxygen atoms in total. The first-order chi connectivity index (χ1) is 5.59. The van der Waals surface area contributed by atoms with Gasteiger partial charge in [-0.05, 0) is 31.6 Å². The first-order valence-corrected chi connectivity index (χ1v) is 4.63. The number of nitrogens with two attached hydrogens (primary N) is 1. The van der Waals surface area contributed by atoms with Crippen molar-refractivity contribution in [3.8, 4) is 0 Å². The summed E-state index contributed by atoms with van der Waals surface area (Å²) < 4.78 is 0. The first-order valence-electron chi connectivity index (χ1n) is 4.63. The minimum absolute atomic E-state index is 0.0327. The lowest BCUT2D eigenvalue weighted by atomic mass is 10.0. The highest BCUT2D eigenvalue weighted by atomic mass is 16.2. The molecule has 1 fully saturated rings. The fourth-order valence-electron chi connectivity index (χ4n) is 1.27. The summed E-state index contributed by atoms with van der Waals surface area (Å²) in [6, 6.07) is -0.377. The van der Waals surface area contributed by atoms with Gasteiger partial charge >= 0.3 is 0 Å². The third kappa shape index (κ3) is 2.21. The Morgan fingerprint density at radius 3 is 2.58 bits per heavy atom. The Hall–Kier alpha value is -0.570. The standard InChI is InChI=1S/C9H18N2O/c1-3-9(4-5-9)6-11-8(12)7(2)10/h7H,3-6,10H2,1-2H3,(H,11,12). The predicted molar refractivity (Wildman–Crippen MR) is 48.6 cm³/mol. The molecule has 3 heteroatoms. The van der Waals surface area contributed by atoms with E-state index in [9.17, 15) is 4.79 Å². The molecule has 1 amide bonds. The van der Waals surface area contributed by atoms with E-state index in [1.807, 2.05) is 0 Å². The van der Waals surface area contributed by atoms with E-state index in [0.29, 0.717) is 5.41 Å². The van der Waals surface area contributed by atoms with Crippen LogP contribution in [-0.4, -0.2) is 18.5 Å². The Morgan fingerprint density at radius 1 is 1.67 bits per heavy atom. The van der Waals surface area contributed by atoms with Crippen molar-refractivity contribution in [1.29, 1.82) is 0 Å². The lowest BCUT2D eigenvalue weighted by molar-refractivity contribution is -0.122. The topological polar surface area (TPSA) is 55.1 Å². The molecule has 70 valence electrons. The van der Waals surface area contributed by atoms with Crippen molar-refractivity contribution in [3.63, 3.8) is 0 Å². The molecule has 1 unspecified atom stereocenters. The zero-order chi connectivity index (χ0) is 9.19. The van der Waals surface area contributed by atoms with Crippen LogP contribution in [0.25, 0.3) is 0 Å². The van der Waals surface area contributed by atoms with E-state index in [2.05, 4.69) is 12.2 Å². The van der Waals surface area contributed by atoms with Gasteiger partial charge in [0.05, 0.1) is 6.04 Å². The summed E-state index contributed by atoms with van der Waals surface area (Å²) in [5.74, 6) is -0.0327. The Bertz CT molecular complexity index is 173. The largest absolute Gasteiger partial charge is 0.354 e. The molecule has 0 radical (unpaired) electrons. The van der Waals surface area contributed by atoms with Crippen molar-refractivity contribution in [3.05, 3.63) is 0 Å². The number of hydrogen-bond acceptors (Lipinski definition) is 2. The van der Waals surface area contributed by atoms with Crippen LogP contribution < -0.4 is 11.1 Å². The molecule has 12 heavy (non-hydrogen) atoms. The number of rotatable bonds is 4. The van der Waals surface area contributed by atoms with Crippen LogP contribution >= 0.6 is 0 Å². The van der Waals surface area contributed by atoms with Crippen LogP contribution in [0.3, 0.4) is 0 Å². The van der Waals surface area contributed by atoms with E-state index >= 15 is 0 Å². The van der Waals surface area contributed by atoms with Gasteiger partial charge in [-0.25, -0.2) is 0 Å². The van der Waals surface area contributed by atoms with Crippen LogP contribution in [0.4, 0.5) is 0 Å². The Kier molecular flexibility index (Phi) is 2.73. The summed E-state index contributed by atoms with van der Waals surface area (Å²) in [7, 11) is 0. The molecule has 1 aliphatic carbocycles. The van der Waals surface area contributed by atoms with Gasteiger partial charge in [-0.3, -0.25) is 4.79 Å². The molecule has 0 aromatic rings. The molecular formula is C9H18N2O. The van der Waals surface area contributed by atoms with E-state index in [-0.39, 0.29) is 11.9 Å². The summed E-state index contributed by atoms with van der Waals surface area (Å²) in [5.41, 5.74) is 5.84. The van der Waals surface area contributed by atoms with Gasteiger partial charge < -0.3 is 11.1 Å². The van der Waals surface area contributed by atoms with E-state index < -0.39 is 0 Å². The molecule has 0 aromatic carbocycles. The van der Waals surface area contributed by atoms with E-state index in [1.54, 1.807) is 6.92 Å². The van der Waals surface area contributed by atoms with Crippen LogP contribution in [0.5, 0.6) is 0 Å². The number of amides is 1. The molecule has 1 aliphatic rings. The Labute approximate surface area is 73.7 Å². The second-order valence-corrected chi connectivity index (χ2v) is 3.86. The molecule has 0 bridgehead atoms. The molecule has 1 saturated carbocycles. The zero-order valence-electron chi connectivity index (χ0n) is 7.89. The summed E-state index contributed by atoms with van der Waals surface area (Å²) in [5, 5.41) is 2.87. The molecule has 0 aromatic heterocycles. The zero-order valence-corrected chi connectivity index (χ0v) is 7.89. The highest BCUT2D eigenvalue weighted by Crippen LogP contribution is 2.47. The lowest BCUT2D eigenvalue weighted by Crippen LogP contribution is -2.40. The van der Waals surface area contributed by atoms with Crippen LogP contribution in [0.15, 0.2) is 0 Å².